The van der Waals surface area contributed by atoms with Gasteiger partial charge in [-0.25, -0.2) is 9.13 Å². The Bertz CT molecular complexity index is 3090. The second kappa shape index (κ2) is 25.2. The number of rotatable bonds is 17. The summed E-state index contributed by atoms with van der Waals surface area (Å²) >= 11 is 0. The molecule has 6 aromatic rings. The van der Waals surface area contributed by atoms with Gasteiger partial charge >= 0.3 is 15.6 Å². The molecule has 6 saturated heterocycles. The summed E-state index contributed by atoms with van der Waals surface area (Å²) in [5.74, 6) is 3.91. The number of hydrogen-bond donors (Lipinski definition) is 6. The lowest BCUT2D eigenvalue weighted by Crippen LogP contribution is -2.54. The highest BCUT2D eigenvalue weighted by Gasteiger charge is 2.44. The normalized spacial score (nSPS) is 23.2. The fraction of sp³-hybridized carbons (Fsp3) is 0.368. The lowest BCUT2D eigenvalue weighted by atomic mass is 9.73. The molecular formula is C57H68N4O15P2. The van der Waals surface area contributed by atoms with Crippen LogP contribution in [0, 0.1) is 23.7 Å². The second-order valence-electron chi connectivity index (χ2n) is 19.6. The van der Waals surface area contributed by atoms with Gasteiger partial charge in [0.05, 0.1) is 58.8 Å². The van der Waals surface area contributed by atoms with Crippen molar-refractivity contribution in [3.8, 4) is 40.2 Å². The molecule has 0 saturated carbocycles. The van der Waals surface area contributed by atoms with E-state index in [1.54, 1.807) is 50.9 Å². The Morgan fingerprint density at radius 3 is 1.45 bits per heavy atom. The fourth-order valence-corrected chi connectivity index (χ4v) is 12.1. The molecule has 4 bridgehead atoms. The number of piperidine rings is 6. The molecule has 6 fully saturated rings. The number of aromatic nitrogens is 2. The van der Waals surface area contributed by atoms with Gasteiger partial charge in [-0.05, 0) is 157 Å². The first-order valence-corrected chi connectivity index (χ1v) is 28.5. The predicted molar refractivity (Wildman–Crippen MR) is 297 cm³/mol. The monoisotopic (exact) mass is 1110 g/mol. The molecule has 6 aliphatic heterocycles. The maximum atomic E-state index is 11.2. The van der Waals surface area contributed by atoms with Crippen molar-refractivity contribution in [3.63, 3.8) is 0 Å². The van der Waals surface area contributed by atoms with E-state index in [0.29, 0.717) is 34.8 Å². The number of fused-ring (bicyclic) bond motifs is 8. The third-order valence-electron chi connectivity index (χ3n) is 15.2. The van der Waals surface area contributed by atoms with Gasteiger partial charge in [0.15, 0.2) is 23.0 Å². The number of aliphatic hydroxyl groups excluding tert-OH is 2. The van der Waals surface area contributed by atoms with E-state index in [1.165, 1.54) is 52.4 Å². The zero-order valence-electron chi connectivity index (χ0n) is 44.2. The molecule has 6 aliphatic rings. The van der Waals surface area contributed by atoms with Crippen LogP contribution in [0.25, 0.3) is 34.0 Å². The summed E-state index contributed by atoms with van der Waals surface area (Å²) < 4.78 is 57.6. The summed E-state index contributed by atoms with van der Waals surface area (Å²) in [7, 11) is -2.36. The Kier molecular flexibility index (Phi) is 18.7. The third kappa shape index (κ3) is 13.6. The SMILES string of the molecule is C=C[C@H]1CN2CC[C@H]1C[C@H]2[C@H](O)c1ccnc2ccc(OC)cc12.C=C[C@H]1CN2CC[C@H]1C[C@H]2[C@H](O)c1ccnc2ccc(OC)cc12.COc1ccc(/C=C\c2cc(OC)c(OC)c(OP(=O)(O)O)c2)cc1OP(=O)(O)O. The molecule has 4 aromatic carbocycles. The number of phosphoric ester groups is 2. The summed E-state index contributed by atoms with van der Waals surface area (Å²) in [5, 5.41) is 24.3. The maximum absolute atomic E-state index is 11.2. The van der Waals surface area contributed by atoms with Gasteiger partial charge in [0.2, 0.25) is 5.75 Å². The molecule has 19 nitrogen and oxygen atoms in total. The van der Waals surface area contributed by atoms with Gasteiger partial charge < -0.3 is 42.9 Å². The Morgan fingerprint density at radius 1 is 0.564 bits per heavy atom. The first-order chi connectivity index (χ1) is 37.4. The van der Waals surface area contributed by atoms with Crippen LogP contribution in [0.15, 0.2) is 117 Å². The quantitative estimate of drug-likeness (QED) is 0.0283. The average molecular weight is 1110 g/mol. The largest absolute Gasteiger partial charge is 0.524 e. The number of pyridine rings is 2. The number of ether oxygens (including phenoxy) is 5. The molecule has 21 heteroatoms. The van der Waals surface area contributed by atoms with Crippen LogP contribution < -0.4 is 32.7 Å². The second-order valence-corrected chi connectivity index (χ2v) is 21.9. The van der Waals surface area contributed by atoms with Crippen molar-refractivity contribution < 1.29 is 71.6 Å². The molecule has 2 unspecified atom stereocenters. The van der Waals surface area contributed by atoms with Crippen molar-refractivity contribution >= 4 is 49.6 Å². The van der Waals surface area contributed by atoms with E-state index >= 15 is 0 Å². The standard InChI is InChI=1S/2C20H24N2O2.C17H20O11P2/c2*1-3-13-12-22-9-7-14(13)10-19(22)20(23)16-6-8-21-18-5-4-15(24-2)11-17(16)18;1-24-13-7-6-11(8-14(13)27-29(18,19)20)4-5-12-9-15(25-2)17(26-3)16(10-12)28-30(21,22)23/h2*3-6,8,11,13-14,19-20,23H,1,7,9-10,12H2,2H3;4-10H,1-3H3,(H2,18,19,20)(H2,21,22,23)/b;;5-4-/t2*13-,14-,19-,20+;/m00./s1. The molecule has 2 aromatic heterocycles. The molecule has 78 heavy (non-hydrogen) atoms. The number of methoxy groups -OCH3 is 5. The molecular weight excluding hydrogens is 1040 g/mol. The lowest BCUT2D eigenvalue weighted by molar-refractivity contribution is -0.0445. The molecule has 0 spiro atoms. The van der Waals surface area contributed by atoms with Gasteiger partial charge in [0.1, 0.15) is 11.5 Å². The number of nitrogens with zero attached hydrogens (tertiary/aromatic N) is 4. The van der Waals surface area contributed by atoms with Gasteiger partial charge in [0, 0.05) is 48.3 Å². The topological polar surface area (TPSA) is 252 Å². The van der Waals surface area contributed by atoms with Crippen molar-refractivity contribution in [3.05, 3.63) is 139 Å². The van der Waals surface area contributed by atoms with Crippen molar-refractivity contribution in [2.45, 2.75) is 50.0 Å². The zero-order valence-corrected chi connectivity index (χ0v) is 46.0. The van der Waals surface area contributed by atoms with Crippen molar-refractivity contribution in [2.75, 3.05) is 61.7 Å². The molecule has 12 rings (SSSR count). The van der Waals surface area contributed by atoms with E-state index in [0.717, 1.165) is 83.5 Å². The number of benzene rings is 4. The van der Waals surface area contributed by atoms with E-state index in [2.05, 4.69) is 54.1 Å². The first kappa shape index (κ1) is 57.8. The molecule has 0 aliphatic carbocycles. The first-order valence-electron chi connectivity index (χ1n) is 25.4. The van der Waals surface area contributed by atoms with E-state index in [-0.39, 0.29) is 40.8 Å². The fourth-order valence-electron chi connectivity index (χ4n) is 11.3. The third-order valence-corrected chi connectivity index (χ3v) is 16.1. The highest BCUT2D eigenvalue weighted by Crippen LogP contribution is 2.48. The van der Waals surface area contributed by atoms with E-state index in [1.807, 2.05) is 48.5 Å². The molecule has 0 amide bonds. The average Bonchev–Trinajstić information content (AvgIpc) is 3.49. The molecule has 0 radical (unpaired) electrons. The van der Waals surface area contributed by atoms with Crippen LogP contribution in [-0.4, -0.2) is 123 Å². The van der Waals surface area contributed by atoms with Crippen LogP contribution in [0.1, 0.15) is 60.1 Å². The zero-order chi connectivity index (χ0) is 55.9. The Hall–Kier alpha value is -6.34. The van der Waals surface area contributed by atoms with Gasteiger partial charge in [-0.3, -0.25) is 39.3 Å². The van der Waals surface area contributed by atoms with Gasteiger partial charge in [-0.2, -0.15) is 0 Å². The maximum Gasteiger partial charge on any atom is 0.524 e. The van der Waals surface area contributed by atoms with E-state index in [9.17, 15) is 19.3 Å². The molecule has 8 heterocycles. The molecule has 416 valence electrons. The Labute approximate surface area is 453 Å². The highest BCUT2D eigenvalue weighted by atomic mass is 31.2. The van der Waals surface area contributed by atoms with Crippen molar-refractivity contribution in [2.24, 2.45) is 23.7 Å². The van der Waals surface area contributed by atoms with Gasteiger partial charge in [-0.1, -0.05) is 30.4 Å². The van der Waals surface area contributed by atoms with E-state index < -0.39 is 27.9 Å². The summed E-state index contributed by atoms with van der Waals surface area (Å²) in [6.07, 6.45) is 14.4. The number of hydrogen-bond acceptors (Lipinski definition) is 15. The van der Waals surface area contributed by atoms with Crippen molar-refractivity contribution in [1.82, 2.24) is 19.8 Å². The molecule has 10 atom stereocenters. The van der Waals surface area contributed by atoms with E-state index in [4.69, 9.17) is 43.3 Å². The van der Waals surface area contributed by atoms with Crippen LogP contribution in [0.3, 0.4) is 0 Å². The summed E-state index contributed by atoms with van der Waals surface area (Å²) in [6, 6.07) is 23.2. The van der Waals surface area contributed by atoms with Gasteiger partial charge in [-0.15, -0.1) is 13.2 Å². The smallest absolute Gasteiger partial charge is 0.497 e. The Morgan fingerprint density at radius 2 is 1.03 bits per heavy atom. The number of phosphoric acid groups is 2. The summed E-state index contributed by atoms with van der Waals surface area (Å²) in [6.45, 7) is 12.1. The Balaban J connectivity index is 0.000000155. The predicted octanol–water partition coefficient (Wildman–Crippen LogP) is 9.17. The summed E-state index contributed by atoms with van der Waals surface area (Å²) in [4.78, 5) is 50.0. The minimum absolute atomic E-state index is 0.000229. The van der Waals surface area contributed by atoms with Crippen LogP contribution in [0.2, 0.25) is 0 Å². The minimum atomic E-state index is -4.85. The highest BCUT2D eigenvalue weighted by molar-refractivity contribution is 7.47. The van der Waals surface area contributed by atoms with Crippen molar-refractivity contribution in [1.29, 1.82) is 0 Å². The molecule has 6 N–H and O–H groups in total. The summed E-state index contributed by atoms with van der Waals surface area (Å²) in [5.41, 5.74) is 4.62. The lowest BCUT2D eigenvalue weighted by Gasteiger charge is -2.50. The van der Waals surface area contributed by atoms with Crippen LogP contribution in [0.4, 0.5) is 0 Å². The van der Waals surface area contributed by atoms with Gasteiger partial charge in [0.25, 0.3) is 0 Å². The van der Waals surface area contributed by atoms with Crippen LogP contribution in [0.5, 0.6) is 40.2 Å². The minimum Gasteiger partial charge on any atom is -0.497 e. The van der Waals surface area contributed by atoms with Crippen LogP contribution in [-0.2, 0) is 9.13 Å². The number of aliphatic hydroxyl groups is 2. The van der Waals surface area contributed by atoms with Crippen LogP contribution >= 0.6 is 15.6 Å².